The molecular formula is C8H14N2S. The molecule has 0 aromatic heterocycles. The van der Waals surface area contributed by atoms with Crippen molar-refractivity contribution in [3.63, 3.8) is 0 Å². The largest absolute Gasteiger partial charge is 0.315 e. The molecule has 0 spiro atoms. The van der Waals surface area contributed by atoms with Crippen LogP contribution in [0.25, 0.3) is 0 Å². The van der Waals surface area contributed by atoms with Gasteiger partial charge in [0.15, 0.2) is 0 Å². The minimum absolute atomic E-state index is 0.885. The molecule has 0 atom stereocenters. The first-order valence-corrected chi connectivity index (χ1v) is 4.58. The number of nitrogens with zero attached hydrogens (tertiary/aromatic N) is 1. The smallest absolute Gasteiger partial charge is 0.0693 e. The van der Waals surface area contributed by atoms with Crippen LogP contribution >= 0.6 is 11.8 Å². The van der Waals surface area contributed by atoms with Crippen LogP contribution in [0.15, 0.2) is 15.5 Å². The summed E-state index contributed by atoms with van der Waals surface area (Å²) in [6.45, 7) is 6.07. The molecule has 1 rings (SSSR count). The molecule has 0 fully saturated rings. The van der Waals surface area contributed by atoms with Crippen molar-refractivity contribution < 1.29 is 0 Å². The van der Waals surface area contributed by atoms with Gasteiger partial charge in [-0.1, -0.05) is 11.8 Å². The van der Waals surface area contributed by atoms with Crippen LogP contribution in [0.1, 0.15) is 13.8 Å². The number of thioether (sulfide) groups is 1. The number of hydrogen-bond donors (Lipinski definition) is 1. The summed E-state index contributed by atoms with van der Waals surface area (Å²) in [6, 6.07) is 0. The third-order valence-electron chi connectivity index (χ3n) is 1.62. The van der Waals surface area contributed by atoms with Crippen molar-refractivity contribution >= 4 is 16.8 Å². The Morgan fingerprint density at radius 3 is 2.91 bits per heavy atom. The molecule has 0 bridgehead atoms. The van der Waals surface area contributed by atoms with E-state index in [1.807, 2.05) is 7.05 Å². The van der Waals surface area contributed by atoms with Crippen LogP contribution in [0.3, 0.4) is 0 Å². The molecule has 0 aromatic rings. The Morgan fingerprint density at radius 1 is 1.55 bits per heavy atom. The topological polar surface area (TPSA) is 24.4 Å². The number of hydrogen-bond acceptors (Lipinski definition) is 3. The molecular weight excluding hydrogens is 156 g/mol. The van der Waals surface area contributed by atoms with Crippen LogP contribution in [-0.4, -0.2) is 25.2 Å². The second kappa shape index (κ2) is 3.93. The van der Waals surface area contributed by atoms with Gasteiger partial charge in [0, 0.05) is 11.4 Å². The first kappa shape index (κ1) is 8.81. The zero-order valence-corrected chi connectivity index (χ0v) is 8.09. The van der Waals surface area contributed by atoms with E-state index in [4.69, 9.17) is 0 Å². The quantitative estimate of drug-likeness (QED) is 0.681. The number of aliphatic imine (C=N–C) groups is 1. The Hall–Kier alpha value is -0.280. The minimum Gasteiger partial charge on any atom is -0.315 e. The SMILES string of the molecule is CNCC1=C(C)CN=C(C)S1. The van der Waals surface area contributed by atoms with Gasteiger partial charge in [-0.05, 0) is 26.5 Å². The highest BCUT2D eigenvalue weighted by molar-refractivity contribution is 8.17. The summed E-state index contributed by atoms with van der Waals surface area (Å²) in [5.74, 6) is 0. The Bertz CT molecular complexity index is 206. The van der Waals surface area contributed by atoms with E-state index < -0.39 is 0 Å². The highest BCUT2D eigenvalue weighted by Crippen LogP contribution is 2.24. The molecule has 0 saturated heterocycles. The predicted molar refractivity (Wildman–Crippen MR) is 52.2 cm³/mol. The van der Waals surface area contributed by atoms with Crippen molar-refractivity contribution in [2.45, 2.75) is 13.8 Å². The van der Waals surface area contributed by atoms with Crippen molar-refractivity contribution in [2.24, 2.45) is 4.99 Å². The molecule has 0 saturated carbocycles. The molecule has 0 amide bonds. The van der Waals surface area contributed by atoms with Crippen LogP contribution in [0, 0.1) is 0 Å². The number of rotatable bonds is 2. The van der Waals surface area contributed by atoms with Gasteiger partial charge in [-0.2, -0.15) is 0 Å². The summed E-state index contributed by atoms with van der Waals surface area (Å²) in [6.07, 6.45) is 0. The third kappa shape index (κ3) is 2.34. The van der Waals surface area contributed by atoms with E-state index in [2.05, 4.69) is 24.2 Å². The summed E-state index contributed by atoms with van der Waals surface area (Å²) < 4.78 is 0. The van der Waals surface area contributed by atoms with Crippen LogP contribution in [0.5, 0.6) is 0 Å². The molecule has 0 radical (unpaired) electrons. The van der Waals surface area contributed by atoms with Crippen LogP contribution in [-0.2, 0) is 0 Å². The van der Waals surface area contributed by atoms with Gasteiger partial charge in [0.05, 0.1) is 11.6 Å². The summed E-state index contributed by atoms with van der Waals surface area (Å²) >= 11 is 1.79. The normalized spacial score (nSPS) is 18.6. The zero-order valence-electron chi connectivity index (χ0n) is 7.27. The van der Waals surface area contributed by atoms with Crippen molar-refractivity contribution in [1.82, 2.24) is 5.32 Å². The Morgan fingerprint density at radius 2 is 2.27 bits per heavy atom. The van der Waals surface area contributed by atoms with Crippen molar-refractivity contribution in [1.29, 1.82) is 0 Å². The summed E-state index contributed by atoms with van der Waals surface area (Å²) in [5.41, 5.74) is 1.40. The number of likely N-dealkylation sites (N-methyl/N-ethyl adjacent to an activating group) is 1. The van der Waals surface area contributed by atoms with E-state index in [1.165, 1.54) is 15.5 Å². The maximum absolute atomic E-state index is 4.34. The number of nitrogens with one attached hydrogen (secondary N) is 1. The molecule has 1 aliphatic heterocycles. The van der Waals surface area contributed by atoms with Crippen molar-refractivity contribution in [3.8, 4) is 0 Å². The Balaban J connectivity index is 2.61. The molecule has 3 heteroatoms. The Kier molecular flexibility index (Phi) is 3.15. The second-order valence-corrected chi connectivity index (χ2v) is 3.96. The van der Waals surface area contributed by atoms with E-state index in [1.54, 1.807) is 11.8 Å². The van der Waals surface area contributed by atoms with Gasteiger partial charge < -0.3 is 5.32 Å². The zero-order chi connectivity index (χ0) is 8.27. The fraction of sp³-hybridized carbons (Fsp3) is 0.625. The van der Waals surface area contributed by atoms with Gasteiger partial charge >= 0.3 is 0 Å². The summed E-state index contributed by atoms with van der Waals surface area (Å²) in [7, 11) is 1.97. The van der Waals surface area contributed by atoms with E-state index >= 15 is 0 Å². The average molecular weight is 170 g/mol. The third-order valence-corrected chi connectivity index (χ3v) is 2.79. The van der Waals surface area contributed by atoms with Crippen molar-refractivity contribution in [3.05, 3.63) is 10.5 Å². The second-order valence-electron chi connectivity index (χ2n) is 2.67. The summed E-state index contributed by atoms with van der Waals surface area (Å²) in [4.78, 5) is 5.77. The van der Waals surface area contributed by atoms with E-state index in [0.29, 0.717) is 0 Å². The van der Waals surface area contributed by atoms with Gasteiger partial charge in [0.2, 0.25) is 0 Å². The predicted octanol–water partition coefficient (Wildman–Crippen LogP) is 1.65. The molecule has 2 nitrogen and oxygen atoms in total. The summed E-state index contributed by atoms with van der Waals surface area (Å²) in [5, 5.41) is 4.34. The lowest BCUT2D eigenvalue weighted by Gasteiger charge is -2.14. The molecule has 1 aliphatic rings. The van der Waals surface area contributed by atoms with Gasteiger partial charge in [0.1, 0.15) is 0 Å². The van der Waals surface area contributed by atoms with Crippen molar-refractivity contribution in [2.75, 3.05) is 20.1 Å². The average Bonchev–Trinajstić information content (AvgIpc) is 1.98. The van der Waals surface area contributed by atoms with Crippen LogP contribution in [0.4, 0.5) is 0 Å². The first-order chi connectivity index (χ1) is 5.24. The van der Waals surface area contributed by atoms with Gasteiger partial charge in [-0.25, -0.2) is 0 Å². The lowest BCUT2D eigenvalue weighted by Crippen LogP contribution is -2.13. The Labute approximate surface area is 72.2 Å². The molecule has 1 N–H and O–H groups in total. The molecule has 62 valence electrons. The molecule has 11 heavy (non-hydrogen) atoms. The molecule has 0 aliphatic carbocycles. The van der Waals surface area contributed by atoms with Crippen LogP contribution < -0.4 is 5.32 Å². The highest BCUT2D eigenvalue weighted by Gasteiger charge is 2.08. The lowest BCUT2D eigenvalue weighted by molar-refractivity contribution is 0.896. The fourth-order valence-corrected chi connectivity index (χ4v) is 1.90. The lowest BCUT2D eigenvalue weighted by atomic mass is 10.3. The van der Waals surface area contributed by atoms with Gasteiger partial charge in [-0.15, -0.1) is 0 Å². The maximum atomic E-state index is 4.34. The van der Waals surface area contributed by atoms with Crippen LogP contribution in [0.2, 0.25) is 0 Å². The van der Waals surface area contributed by atoms with Gasteiger partial charge in [-0.3, -0.25) is 4.99 Å². The molecule has 0 aromatic carbocycles. The maximum Gasteiger partial charge on any atom is 0.0693 e. The monoisotopic (exact) mass is 170 g/mol. The first-order valence-electron chi connectivity index (χ1n) is 3.76. The standard InChI is InChI=1S/C8H14N2S/c1-6-4-10-7(2)11-8(6)5-9-3/h9H,4-5H2,1-3H3. The fourth-order valence-electron chi connectivity index (χ4n) is 0.963. The molecule has 0 unspecified atom stereocenters. The minimum atomic E-state index is 0.885. The van der Waals surface area contributed by atoms with E-state index in [0.717, 1.165) is 13.1 Å². The van der Waals surface area contributed by atoms with E-state index in [9.17, 15) is 0 Å². The molecule has 1 heterocycles. The highest BCUT2D eigenvalue weighted by atomic mass is 32.2. The van der Waals surface area contributed by atoms with Gasteiger partial charge in [0.25, 0.3) is 0 Å². The van der Waals surface area contributed by atoms with E-state index in [-0.39, 0.29) is 0 Å².